The summed E-state index contributed by atoms with van der Waals surface area (Å²) in [6.07, 6.45) is 1.92. The van der Waals surface area contributed by atoms with E-state index in [1.165, 1.54) is 0 Å². The Labute approximate surface area is 169 Å². The van der Waals surface area contributed by atoms with Crippen molar-refractivity contribution in [1.82, 2.24) is 10.6 Å². The SMILES string of the molecule is Cc1ccc(OCC(=O)N[C@@H](Cc2ccccc2)C(=O)NCc2ccco2)cc1. The number of hydrogen-bond acceptors (Lipinski definition) is 4. The maximum atomic E-state index is 12.7. The van der Waals surface area contributed by atoms with Gasteiger partial charge in [0.05, 0.1) is 12.8 Å². The molecule has 0 aliphatic heterocycles. The minimum atomic E-state index is -0.721. The van der Waals surface area contributed by atoms with E-state index in [4.69, 9.17) is 9.15 Å². The Balaban J connectivity index is 1.59. The summed E-state index contributed by atoms with van der Waals surface area (Å²) in [6, 6.07) is 19.8. The summed E-state index contributed by atoms with van der Waals surface area (Å²) >= 11 is 0. The molecule has 0 fully saturated rings. The third-order valence-corrected chi connectivity index (χ3v) is 4.34. The molecule has 0 spiro atoms. The molecule has 0 radical (unpaired) electrons. The molecule has 1 heterocycles. The number of carbonyl (C=O) groups excluding carboxylic acids is 2. The van der Waals surface area contributed by atoms with Gasteiger partial charge in [0.25, 0.3) is 5.91 Å². The summed E-state index contributed by atoms with van der Waals surface area (Å²) in [5, 5.41) is 5.57. The predicted octanol–water partition coefficient (Wildman–Crippen LogP) is 3.01. The molecule has 0 saturated carbocycles. The quantitative estimate of drug-likeness (QED) is 0.587. The van der Waals surface area contributed by atoms with Crippen LogP contribution < -0.4 is 15.4 Å². The molecule has 0 saturated heterocycles. The number of carbonyl (C=O) groups is 2. The molecule has 6 heteroatoms. The summed E-state index contributed by atoms with van der Waals surface area (Å²) in [6.45, 7) is 2.07. The van der Waals surface area contributed by atoms with E-state index in [2.05, 4.69) is 10.6 Å². The monoisotopic (exact) mass is 392 g/mol. The summed E-state index contributed by atoms with van der Waals surface area (Å²) in [7, 11) is 0. The molecule has 3 rings (SSSR count). The van der Waals surface area contributed by atoms with Crippen molar-refractivity contribution in [3.63, 3.8) is 0 Å². The van der Waals surface area contributed by atoms with Crippen LogP contribution in [0.1, 0.15) is 16.9 Å². The van der Waals surface area contributed by atoms with E-state index >= 15 is 0 Å². The van der Waals surface area contributed by atoms with Crippen molar-refractivity contribution in [2.75, 3.05) is 6.61 Å². The highest BCUT2D eigenvalue weighted by Crippen LogP contribution is 2.11. The van der Waals surface area contributed by atoms with Crippen LogP contribution in [-0.4, -0.2) is 24.5 Å². The van der Waals surface area contributed by atoms with Gasteiger partial charge in [-0.2, -0.15) is 0 Å². The third-order valence-electron chi connectivity index (χ3n) is 4.34. The lowest BCUT2D eigenvalue weighted by atomic mass is 10.1. The number of nitrogens with one attached hydrogen (secondary N) is 2. The number of benzene rings is 2. The van der Waals surface area contributed by atoms with Crippen LogP contribution in [0.15, 0.2) is 77.4 Å². The highest BCUT2D eigenvalue weighted by Gasteiger charge is 2.21. The molecule has 1 aromatic heterocycles. The zero-order valence-electron chi connectivity index (χ0n) is 16.3. The highest BCUT2D eigenvalue weighted by atomic mass is 16.5. The van der Waals surface area contributed by atoms with Crippen LogP contribution in [-0.2, 0) is 22.6 Å². The Morgan fingerprint density at radius 2 is 1.76 bits per heavy atom. The Kier molecular flexibility index (Phi) is 7.05. The van der Waals surface area contributed by atoms with Gasteiger partial charge in [-0.25, -0.2) is 0 Å². The van der Waals surface area contributed by atoms with Crippen molar-refractivity contribution in [3.05, 3.63) is 89.9 Å². The van der Waals surface area contributed by atoms with Crippen LogP contribution in [0, 0.1) is 6.92 Å². The predicted molar refractivity (Wildman–Crippen MR) is 109 cm³/mol. The maximum absolute atomic E-state index is 12.7. The minimum absolute atomic E-state index is 0.167. The Bertz CT molecular complexity index is 906. The van der Waals surface area contributed by atoms with Crippen molar-refractivity contribution < 1.29 is 18.7 Å². The molecular formula is C23H24N2O4. The van der Waals surface area contributed by atoms with E-state index in [0.717, 1.165) is 11.1 Å². The second kappa shape index (κ2) is 10.1. The number of furan rings is 1. The summed E-state index contributed by atoms with van der Waals surface area (Å²) in [5.74, 6) is 0.604. The molecule has 3 aromatic rings. The van der Waals surface area contributed by atoms with Crippen molar-refractivity contribution in [2.24, 2.45) is 0 Å². The fourth-order valence-electron chi connectivity index (χ4n) is 2.79. The number of amides is 2. The fourth-order valence-corrected chi connectivity index (χ4v) is 2.79. The van der Waals surface area contributed by atoms with Crippen LogP contribution in [0.25, 0.3) is 0 Å². The summed E-state index contributed by atoms with van der Waals surface area (Å²) in [5.41, 5.74) is 2.06. The van der Waals surface area contributed by atoms with E-state index < -0.39 is 6.04 Å². The lowest BCUT2D eigenvalue weighted by Gasteiger charge is -2.18. The topological polar surface area (TPSA) is 80.6 Å². The maximum Gasteiger partial charge on any atom is 0.258 e. The zero-order chi connectivity index (χ0) is 20.5. The first kappa shape index (κ1) is 20.2. The van der Waals surface area contributed by atoms with Crippen molar-refractivity contribution in [2.45, 2.75) is 25.9 Å². The van der Waals surface area contributed by atoms with Gasteiger partial charge in [0.1, 0.15) is 17.6 Å². The van der Waals surface area contributed by atoms with Gasteiger partial charge in [-0.1, -0.05) is 48.0 Å². The normalized spacial score (nSPS) is 11.5. The van der Waals surface area contributed by atoms with Gasteiger partial charge in [-0.3, -0.25) is 9.59 Å². The van der Waals surface area contributed by atoms with Gasteiger partial charge < -0.3 is 19.8 Å². The molecule has 2 amide bonds. The van der Waals surface area contributed by atoms with Crippen LogP contribution in [0.4, 0.5) is 0 Å². The zero-order valence-corrected chi connectivity index (χ0v) is 16.3. The van der Waals surface area contributed by atoms with E-state index in [1.807, 2.05) is 49.4 Å². The van der Waals surface area contributed by atoms with Crippen molar-refractivity contribution >= 4 is 11.8 Å². The van der Waals surface area contributed by atoms with E-state index in [1.54, 1.807) is 30.5 Å². The largest absolute Gasteiger partial charge is 0.484 e. The van der Waals surface area contributed by atoms with Gasteiger partial charge in [0.15, 0.2) is 6.61 Å². The molecule has 0 unspecified atom stereocenters. The van der Waals surface area contributed by atoms with Crippen LogP contribution in [0.5, 0.6) is 5.75 Å². The van der Waals surface area contributed by atoms with E-state index in [0.29, 0.717) is 17.9 Å². The van der Waals surface area contributed by atoms with Gasteiger partial charge in [-0.15, -0.1) is 0 Å². The highest BCUT2D eigenvalue weighted by molar-refractivity contribution is 5.88. The molecule has 150 valence electrons. The molecular weight excluding hydrogens is 368 g/mol. The standard InChI is InChI=1S/C23H24N2O4/c1-17-9-11-19(12-10-17)29-16-22(26)25-21(14-18-6-3-2-4-7-18)23(27)24-15-20-8-5-13-28-20/h2-13,21H,14-16H2,1H3,(H,24,27)(H,25,26)/t21-/m0/s1. The van der Waals surface area contributed by atoms with E-state index in [9.17, 15) is 9.59 Å². The van der Waals surface area contributed by atoms with Crippen LogP contribution in [0.3, 0.4) is 0 Å². The lowest BCUT2D eigenvalue weighted by Crippen LogP contribution is -2.49. The first-order valence-corrected chi connectivity index (χ1v) is 9.43. The molecule has 1 atom stereocenters. The van der Waals surface area contributed by atoms with Gasteiger partial charge in [0.2, 0.25) is 5.91 Å². The molecule has 2 aromatic carbocycles. The van der Waals surface area contributed by atoms with Gasteiger partial charge in [-0.05, 0) is 36.8 Å². The van der Waals surface area contributed by atoms with Gasteiger partial charge >= 0.3 is 0 Å². The average molecular weight is 392 g/mol. The fraction of sp³-hybridized carbons (Fsp3) is 0.217. The lowest BCUT2D eigenvalue weighted by molar-refractivity contribution is -0.130. The second-order valence-corrected chi connectivity index (χ2v) is 6.71. The third kappa shape index (κ3) is 6.53. The average Bonchev–Trinajstić information content (AvgIpc) is 3.25. The van der Waals surface area contributed by atoms with E-state index in [-0.39, 0.29) is 25.0 Å². The van der Waals surface area contributed by atoms with Crippen LogP contribution in [0.2, 0.25) is 0 Å². The Morgan fingerprint density at radius 3 is 2.45 bits per heavy atom. The number of aryl methyl sites for hydroxylation is 1. The smallest absolute Gasteiger partial charge is 0.258 e. The number of rotatable bonds is 9. The molecule has 0 aliphatic rings. The molecule has 0 aliphatic carbocycles. The number of hydrogen-bond donors (Lipinski definition) is 2. The minimum Gasteiger partial charge on any atom is -0.484 e. The van der Waals surface area contributed by atoms with Crippen molar-refractivity contribution in [1.29, 1.82) is 0 Å². The second-order valence-electron chi connectivity index (χ2n) is 6.71. The first-order valence-electron chi connectivity index (χ1n) is 9.43. The summed E-state index contributed by atoms with van der Waals surface area (Å²) in [4.78, 5) is 25.1. The number of ether oxygens (including phenoxy) is 1. The molecule has 6 nitrogen and oxygen atoms in total. The first-order chi connectivity index (χ1) is 14.1. The molecule has 0 bridgehead atoms. The Morgan fingerprint density at radius 1 is 1.00 bits per heavy atom. The Hall–Kier alpha value is -3.54. The van der Waals surface area contributed by atoms with Crippen LogP contribution >= 0.6 is 0 Å². The van der Waals surface area contributed by atoms with Crippen molar-refractivity contribution in [3.8, 4) is 5.75 Å². The molecule has 29 heavy (non-hydrogen) atoms. The van der Waals surface area contributed by atoms with Gasteiger partial charge in [0, 0.05) is 6.42 Å². The summed E-state index contributed by atoms with van der Waals surface area (Å²) < 4.78 is 10.8. The molecule has 2 N–H and O–H groups in total.